The second kappa shape index (κ2) is 13.6. The maximum absolute atomic E-state index is 12.1. The van der Waals surface area contributed by atoms with Crippen molar-refractivity contribution in [2.45, 2.75) is 25.7 Å². The lowest BCUT2D eigenvalue weighted by Gasteiger charge is -2.07. The molecule has 0 spiro atoms. The summed E-state index contributed by atoms with van der Waals surface area (Å²) in [6.45, 7) is 0.532. The van der Waals surface area contributed by atoms with Gasteiger partial charge in [0.25, 0.3) is 0 Å². The summed E-state index contributed by atoms with van der Waals surface area (Å²) in [5.74, 6) is -2.67. The molecule has 0 bridgehead atoms. The monoisotopic (exact) mass is 458 g/mol. The maximum Gasteiger partial charge on any atom is 0.338 e. The molecule has 0 aliphatic rings. The molecule has 0 heterocycles. The van der Waals surface area contributed by atoms with E-state index in [0.717, 1.165) is 0 Å². The van der Waals surface area contributed by atoms with Gasteiger partial charge in [0.15, 0.2) is 0 Å². The van der Waals surface area contributed by atoms with Crippen molar-refractivity contribution in [2.75, 3.05) is 26.4 Å². The van der Waals surface area contributed by atoms with E-state index in [1.54, 1.807) is 0 Å². The number of ether oxygens (including phenoxy) is 3. The molecule has 0 radical (unpaired) electrons. The van der Waals surface area contributed by atoms with E-state index in [-0.39, 0.29) is 37.6 Å². The lowest BCUT2D eigenvalue weighted by Crippen LogP contribution is -2.10. The molecule has 176 valence electrons. The number of aromatic carboxylic acids is 1. The Morgan fingerprint density at radius 3 is 1.15 bits per heavy atom. The number of hydrogen-bond acceptors (Lipinski definition) is 8. The molecule has 0 aromatic heterocycles. The molecule has 0 saturated heterocycles. The number of aliphatic hydroxyl groups is 1. The summed E-state index contributed by atoms with van der Waals surface area (Å²) in [5, 5.41) is 17.6. The van der Waals surface area contributed by atoms with Gasteiger partial charge in [-0.05, 0) is 74.2 Å². The predicted octanol–water partition coefficient (Wildman–Crippen LogP) is 3.11. The Bertz CT molecular complexity index is 933. The van der Waals surface area contributed by atoms with E-state index in [2.05, 4.69) is 0 Å². The molecule has 0 fully saturated rings. The number of aliphatic hydroxyl groups excluding tert-OH is 1. The average Bonchev–Trinajstić information content (AvgIpc) is 2.83. The lowest BCUT2D eigenvalue weighted by atomic mass is 10.1. The van der Waals surface area contributed by atoms with Crippen molar-refractivity contribution in [2.24, 2.45) is 0 Å². The normalized spacial score (nSPS) is 10.3. The highest BCUT2D eigenvalue weighted by Crippen LogP contribution is 2.09. The summed E-state index contributed by atoms with van der Waals surface area (Å²) in [5.41, 5.74) is 0.944. The molecule has 2 N–H and O–H groups in total. The van der Waals surface area contributed by atoms with Crippen molar-refractivity contribution in [1.82, 2.24) is 0 Å². The minimum absolute atomic E-state index is 0.0457. The third-order valence-electron chi connectivity index (χ3n) is 4.51. The van der Waals surface area contributed by atoms with Crippen LogP contribution in [-0.2, 0) is 14.2 Å². The standard InChI is InChI=1S/C24H26O9/c25-13-1-2-14-31-23(29)19-9-11-20(12-10-19)24(30)33-16-4-3-15-32-22(28)18-7-5-17(6-8-18)21(26)27/h5-12,25H,1-4,13-16H2,(H,26,27). The maximum atomic E-state index is 12.1. The highest BCUT2D eigenvalue weighted by Gasteiger charge is 2.12. The number of unbranched alkanes of at least 4 members (excludes halogenated alkanes) is 2. The van der Waals surface area contributed by atoms with Gasteiger partial charge in [-0.1, -0.05) is 0 Å². The van der Waals surface area contributed by atoms with Crippen LogP contribution in [0.1, 0.15) is 67.1 Å². The summed E-state index contributed by atoms with van der Waals surface area (Å²) < 4.78 is 15.4. The topological polar surface area (TPSA) is 136 Å². The number of benzene rings is 2. The van der Waals surface area contributed by atoms with Crippen LogP contribution in [0.25, 0.3) is 0 Å². The Morgan fingerprint density at radius 1 is 0.545 bits per heavy atom. The molecular weight excluding hydrogens is 432 g/mol. The lowest BCUT2D eigenvalue weighted by molar-refractivity contribution is 0.0432. The Hall–Kier alpha value is -3.72. The molecule has 0 amide bonds. The molecule has 9 nitrogen and oxygen atoms in total. The van der Waals surface area contributed by atoms with Crippen LogP contribution >= 0.6 is 0 Å². The van der Waals surface area contributed by atoms with E-state index in [1.807, 2.05) is 0 Å². The summed E-state index contributed by atoms with van der Waals surface area (Å²) in [6.07, 6.45) is 2.09. The third-order valence-corrected chi connectivity index (χ3v) is 4.51. The molecule has 2 aromatic rings. The van der Waals surface area contributed by atoms with Gasteiger partial charge in [0.1, 0.15) is 0 Å². The van der Waals surface area contributed by atoms with Gasteiger partial charge in [-0.15, -0.1) is 0 Å². The van der Waals surface area contributed by atoms with E-state index in [9.17, 15) is 19.2 Å². The van der Waals surface area contributed by atoms with E-state index >= 15 is 0 Å². The molecule has 0 aliphatic heterocycles. The molecule has 0 saturated carbocycles. The number of rotatable bonds is 13. The first-order valence-corrected chi connectivity index (χ1v) is 10.5. The van der Waals surface area contributed by atoms with E-state index in [4.69, 9.17) is 24.4 Å². The number of esters is 3. The Morgan fingerprint density at radius 2 is 0.848 bits per heavy atom. The second-order valence-corrected chi connectivity index (χ2v) is 7.01. The molecule has 0 aliphatic carbocycles. The fourth-order valence-electron chi connectivity index (χ4n) is 2.65. The molecule has 2 aromatic carbocycles. The van der Waals surface area contributed by atoms with E-state index in [1.165, 1.54) is 48.5 Å². The predicted molar refractivity (Wildman–Crippen MR) is 116 cm³/mol. The smallest absolute Gasteiger partial charge is 0.338 e. The van der Waals surface area contributed by atoms with Crippen molar-refractivity contribution in [3.8, 4) is 0 Å². The van der Waals surface area contributed by atoms with Gasteiger partial charge in [0.05, 0.1) is 42.1 Å². The number of carboxylic acid groups (broad SMARTS) is 1. The second-order valence-electron chi connectivity index (χ2n) is 7.01. The van der Waals surface area contributed by atoms with Crippen LogP contribution < -0.4 is 0 Å². The molecule has 33 heavy (non-hydrogen) atoms. The summed E-state index contributed by atoms with van der Waals surface area (Å²) >= 11 is 0. The minimum atomic E-state index is -1.08. The van der Waals surface area contributed by atoms with Gasteiger partial charge in [-0.3, -0.25) is 0 Å². The minimum Gasteiger partial charge on any atom is -0.478 e. The van der Waals surface area contributed by atoms with Crippen LogP contribution in [0.2, 0.25) is 0 Å². The molecule has 9 heteroatoms. The molecule has 0 atom stereocenters. The SMILES string of the molecule is O=C(O)c1ccc(C(=O)OCCCCOC(=O)c2ccc(C(=O)OCCCCO)cc2)cc1. The van der Waals surface area contributed by atoms with Gasteiger partial charge in [0.2, 0.25) is 0 Å². The summed E-state index contributed by atoms with van der Waals surface area (Å²) in [4.78, 5) is 46.7. The summed E-state index contributed by atoms with van der Waals surface area (Å²) in [6, 6.07) is 11.3. The quantitative estimate of drug-likeness (QED) is 0.263. The van der Waals surface area contributed by atoms with Gasteiger partial charge >= 0.3 is 23.9 Å². The fourth-order valence-corrected chi connectivity index (χ4v) is 2.65. The van der Waals surface area contributed by atoms with Crippen molar-refractivity contribution in [1.29, 1.82) is 0 Å². The third kappa shape index (κ3) is 8.74. The largest absolute Gasteiger partial charge is 0.478 e. The molecule has 2 rings (SSSR count). The first kappa shape index (κ1) is 25.5. The number of carboxylic acids is 1. The van der Waals surface area contributed by atoms with Crippen LogP contribution in [0.3, 0.4) is 0 Å². The van der Waals surface area contributed by atoms with Crippen molar-refractivity contribution >= 4 is 23.9 Å². The Balaban J connectivity index is 1.64. The van der Waals surface area contributed by atoms with E-state index < -0.39 is 23.9 Å². The van der Waals surface area contributed by atoms with Crippen molar-refractivity contribution < 1.29 is 43.6 Å². The van der Waals surface area contributed by atoms with Crippen LogP contribution in [0.5, 0.6) is 0 Å². The zero-order valence-electron chi connectivity index (χ0n) is 18.0. The average molecular weight is 458 g/mol. The molecule has 0 unspecified atom stereocenters. The van der Waals surface area contributed by atoms with Crippen LogP contribution in [0.15, 0.2) is 48.5 Å². The van der Waals surface area contributed by atoms with Gasteiger partial charge in [-0.25, -0.2) is 19.2 Å². The summed E-state index contributed by atoms with van der Waals surface area (Å²) in [7, 11) is 0. The highest BCUT2D eigenvalue weighted by molar-refractivity contribution is 5.93. The first-order chi connectivity index (χ1) is 15.9. The Labute approximate surface area is 190 Å². The van der Waals surface area contributed by atoms with Gasteiger partial charge in [-0.2, -0.15) is 0 Å². The first-order valence-electron chi connectivity index (χ1n) is 10.5. The number of carbonyl (C=O) groups excluding carboxylic acids is 3. The highest BCUT2D eigenvalue weighted by atomic mass is 16.5. The zero-order valence-corrected chi connectivity index (χ0v) is 18.0. The molecular formula is C24H26O9. The van der Waals surface area contributed by atoms with Gasteiger partial charge < -0.3 is 24.4 Å². The van der Waals surface area contributed by atoms with Crippen molar-refractivity contribution in [3.63, 3.8) is 0 Å². The van der Waals surface area contributed by atoms with Crippen molar-refractivity contribution in [3.05, 3.63) is 70.8 Å². The number of hydrogen-bond donors (Lipinski definition) is 2. The van der Waals surface area contributed by atoms with E-state index in [0.29, 0.717) is 36.8 Å². The van der Waals surface area contributed by atoms with Crippen LogP contribution in [-0.4, -0.2) is 60.5 Å². The van der Waals surface area contributed by atoms with Gasteiger partial charge in [0, 0.05) is 6.61 Å². The van der Waals surface area contributed by atoms with Crippen LogP contribution in [0, 0.1) is 0 Å². The van der Waals surface area contributed by atoms with Crippen LogP contribution in [0.4, 0.5) is 0 Å². The zero-order chi connectivity index (χ0) is 24.1. The fraction of sp³-hybridized carbons (Fsp3) is 0.333. The number of carbonyl (C=O) groups is 4. The Kier molecular flexibility index (Phi) is 10.6.